The van der Waals surface area contributed by atoms with Crippen LogP contribution in [0.15, 0.2) is 42.6 Å². The molecule has 0 bridgehead atoms. The molecule has 0 radical (unpaired) electrons. The summed E-state index contributed by atoms with van der Waals surface area (Å²) in [7, 11) is 0. The maximum Gasteiger partial charge on any atom is 0.274 e. The van der Waals surface area contributed by atoms with E-state index in [2.05, 4.69) is 10.3 Å². The number of benzene rings is 1. The second-order valence-corrected chi connectivity index (χ2v) is 4.59. The molecule has 0 aliphatic rings. The van der Waals surface area contributed by atoms with Crippen molar-refractivity contribution in [3.63, 3.8) is 0 Å². The lowest BCUT2D eigenvalue weighted by atomic mass is 10.2. The van der Waals surface area contributed by atoms with Gasteiger partial charge in [-0.2, -0.15) is 0 Å². The van der Waals surface area contributed by atoms with Gasteiger partial charge >= 0.3 is 0 Å². The molecule has 1 aromatic heterocycles. The lowest BCUT2D eigenvalue weighted by Gasteiger charge is -2.11. The van der Waals surface area contributed by atoms with Gasteiger partial charge in [-0.25, -0.2) is 9.37 Å². The van der Waals surface area contributed by atoms with Crippen LogP contribution < -0.4 is 15.8 Å². The monoisotopic (exact) mass is 305 g/mol. The molecule has 0 atom stereocenters. The zero-order valence-corrected chi connectivity index (χ0v) is 11.7. The van der Waals surface area contributed by atoms with Crippen molar-refractivity contribution in [1.82, 2.24) is 4.98 Å². The number of hydrogen-bond acceptors (Lipinski definition) is 4. The number of nitrogens with one attached hydrogen (secondary N) is 1. The molecule has 21 heavy (non-hydrogen) atoms. The number of nitrogens with zero attached hydrogens (tertiary/aromatic N) is 1. The summed E-state index contributed by atoms with van der Waals surface area (Å²) in [5.41, 5.74) is 5.92. The Kier molecular flexibility index (Phi) is 4.78. The van der Waals surface area contributed by atoms with E-state index in [4.69, 9.17) is 22.7 Å². The van der Waals surface area contributed by atoms with Crippen LogP contribution in [0.1, 0.15) is 10.5 Å². The number of pyridine rings is 1. The first-order valence-electron chi connectivity index (χ1n) is 5.99. The number of carbonyl (C=O) groups is 1. The number of carbonyl (C=O) groups excluding carboxylic acids is 1. The summed E-state index contributed by atoms with van der Waals surface area (Å²) in [6.07, 6.45) is 0.976. The Balaban J connectivity index is 2.13. The molecular formula is C14H12FN3O2S. The predicted octanol–water partition coefficient (Wildman–Crippen LogP) is 2.14. The molecule has 0 aliphatic carbocycles. The third kappa shape index (κ3) is 4.22. The number of rotatable bonds is 5. The third-order valence-electron chi connectivity index (χ3n) is 2.47. The number of thiocarbonyl (C=S) groups is 1. The predicted molar refractivity (Wildman–Crippen MR) is 80.9 cm³/mol. The molecule has 108 valence electrons. The number of hydrogen-bond donors (Lipinski definition) is 2. The molecule has 0 fully saturated rings. The Bertz CT molecular complexity index is 662. The Hall–Kier alpha value is -2.54. The number of amides is 1. The van der Waals surface area contributed by atoms with Crippen molar-refractivity contribution in [1.29, 1.82) is 0 Å². The summed E-state index contributed by atoms with van der Waals surface area (Å²) in [5.74, 6) is -0.547. The van der Waals surface area contributed by atoms with Gasteiger partial charge in [0.2, 0.25) is 0 Å². The molecule has 5 nitrogen and oxygen atoms in total. The van der Waals surface area contributed by atoms with E-state index in [1.807, 2.05) is 0 Å². The van der Waals surface area contributed by atoms with Crippen LogP contribution in [0.4, 0.5) is 10.1 Å². The van der Waals surface area contributed by atoms with Gasteiger partial charge < -0.3 is 15.8 Å². The standard InChI is InChI=1S/C14H12FN3O2S/c15-9-5-6-11(17-7-9)14(19)18-10-3-1-2-4-12(10)20-8-13(16)21/h1-7H,8H2,(H2,16,21)(H,18,19). The van der Waals surface area contributed by atoms with Crippen molar-refractivity contribution in [2.24, 2.45) is 5.73 Å². The lowest BCUT2D eigenvalue weighted by Crippen LogP contribution is -2.19. The van der Waals surface area contributed by atoms with E-state index < -0.39 is 11.7 Å². The molecule has 1 amide bonds. The van der Waals surface area contributed by atoms with Crippen molar-refractivity contribution in [3.05, 3.63) is 54.1 Å². The number of halogens is 1. The van der Waals surface area contributed by atoms with Crippen LogP contribution in [-0.4, -0.2) is 22.5 Å². The number of para-hydroxylation sites is 2. The van der Waals surface area contributed by atoms with Gasteiger partial charge in [0, 0.05) is 0 Å². The van der Waals surface area contributed by atoms with Gasteiger partial charge in [-0.15, -0.1) is 0 Å². The fraction of sp³-hybridized carbons (Fsp3) is 0.0714. The van der Waals surface area contributed by atoms with Crippen LogP contribution in [0.25, 0.3) is 0 Å². The highest BCUT2D eigenvalue weighted by Crippen LogP contribution is 2.24. The second-order valence-electron chi connectivity index (χ2n) is 4.07. The molecule has 0 spiro atoms. The van der Waals surface area contributed by atoms with Crippen LogP contribution in [-0.2, 0) is 0 Å². The van der Waals surface area contributed by atoms with Gasteiger partial charge in [0.05, 0.1) is 11.9 Å². The Morgan fingerprint density at radius 1 is 1.33 bits per heavy atom. The summed E-state index contributed by atoms with van der Waals surface area (Å²) in [4.78, 5) is 15.9. The van der Waals surface area contributed by atoms with E-state index in [1.54, 1.807) is 24.3 Å². The molecule has 7 heteroatoms. The smallest absolute Gasteiger partial charge is 0.274 e. The van der Waals surface area contributed by atoms with E-state index in [9.17, 15) is 9.18 Å². The SMILES string of the molecule is NC(=S)COc1ccccc1NC(=O)c1ccc(F)cn1. The van der Waals surface area contributed by atoms with E-state index in [0.29, 0.717) is 11.4 Å². The fourth-order valence-corrected chi connectivity index (χ4v) is 1.60. The van der Waals surface area contributed by atoms with Crippen LogP contribution >= 0.6 is 12.2 Å². The molecule has 3 N–H and O–H groups in total. The largest absolute Gasteiger partial charge is 0.484 e. The molecular weight excluding hydrogens is 293 g/mol. The minimum atomic E-state index is -0.508. The number of aromatic nitrogens is 1. The molecule has 2 rings (SSSR count). The Morgan fingerprint density at radius 2 is 2.10 bits per heavy atom. The highest BCUT2D eigenvalue weighted by atomic mass is 32.1. The first-order chi connectivity index (χ1) is 10.1. The zero-order chi connectivity index (χ0) is 15.2. The summed E-state index contributed by atoms with van der Waals surface area (Å²) in [5, 5.41) is 2.64. The summed E-state index contributed by atoms with van der Waals surface area (Å²) < 4.78 is 18.2. The van der Waals surface area contributed by atoms with Crippen LogP contribution in [0.2, 0.25) is 0 Å². The maximum atomic E-state index is 12.8. The minimum absolute atomic E-state index is 0.0665. The summed E-state index contributed by atoms with van der Waals surface area (Å²) in [6.45, 7) is 0.0665. The molecule has 1 heterocycles. The minimum Gasteiger partial charge on any atom is -0.484 e. The number of nitrogens with two attached hydrogens (primary N) is 1. The second kappa shape index (κ2) is 6.76. The first kappa shape index (κ1) is 14.9. The normalized spacial score (nSPS) is 9.95. The Morgan fingerprint density at radius 3 is 2.76 bits per heavy atom. The van der Waals surface area contributed by atoms with Gasteiger partial charge in [0.25, 0.3) is 5.91 Å². The maximum absolute atomic E-state index is 12.8. The van der Waals surface area contributed by atoms with Crippen LogP contribution in [0.3, 0.4) is 0 Å². The van der Waals surface area contributed by atoms with E-state index >= 15 is 0 Å². The van der Waals surface area contributed by atoms with Gasteiger partial charge in [-0.05, 0) is 24.3 Å². The summed E-state index contributed by atoms with van der Waals surface area (Å²) >= 11 is 4.73. The first-order valence-corrected chi connectivity index (χ1v) is 6.40. The zero-order valence-electron chi connectivity index (χ0n) is 10.9. The van der Waals surface area contributed by atoms with Gasteiger partial charge in [-0.3, -0.25) is 4.79 Å². The molecule has 0 saturated heterocycles. The van der Waals surface area contributed by atoms with Crippen molar-refractivity contribution in [2.45, 2.75) is 0 Å². The van der Waals surface area contributed by atoms with Gasteiger partial charge in [0.1, 0.15) is 28.9 Å². The Labute approximate surface area is 125 Å². The van der Waals surface area contributed by atoms with Crippen LogP contribution in [0.5, 0.6) is 5.75 Å². The van der Waals surface area contributed by atoms with Crippen molar-refractivity contribution in [3.8, 4) is 5.75 Å². The lowest BCUT2D eigenvalue weighted by molar-refractivity contribution is 0.102. The van der Waals surface area contributed by atoms with Crippen LogP contribution in [0, 0.1) is 5.82 Å². The van der Waals surface area contributed by atoms with Crippen molar-refractivity contribution < 1.29 is 13.9 Å². The van der Waals surface area contributed by atoms with E-state index in [1.165, 1.54) is 6.07 Å². The molecule has 0 unspecified atom stereocenters. The topological polar surface area (TPSA) is 77.2 Å². The van der Waals surface area contributed by atoms with Crippen molar-refractivity contribution in [2.75, 3.05) is 11.9 Å². The molecule has 0 saturated carbocycles. The highest BCUT2D eigenvalue weighted by Gasteiger charge is 2.11. The highest BCUT2D eigenvalue weighted by molar-refractivity contribution is 7.80. The molecule has 2 aromatic rings. The average molecular weight is 305 g/mol. The number of ether oxygens (including phenoxy) is 1. The third-order valence-corrected chi connectivity index (χ3v) is 2.58. The average Bonchev–Trinajstić information content (AvgIpc) is 2.47. The fourth-order valence-electron chi connectivity index (χ4n) is 1.54. The van der Waals surface area contributed by atoms with Gasteiger partial charge in [-0.1, -0.05) is 24.4 Å². The van der Waals surface area contributed by atoms with E-state index in [0.717, 1.165) is 12.3 Å². The van der Waals surface area contributed by atoms with Gasteiger partial charge in [0.15, 0.2) is 0 Å². The summed E-state index contributed by atoms with van der Waals surface area (Å²) in [6, 6.07) is 9.28. The van der Waals surface area contributed by atoms with Crippen molar-refractivity contribution >= 4 is 28.8 Å². The van der Waals surface area contributed by atoms with E-state index in [-0.39, 0.29) is 17.3 Å². The quantitative estimate of drug-likeness (QED) is 0.828. The number of anilines is 1. The molecule has 1 aromatic carbocycles. The molecule has 0 aliphatic heterocycles.